The number of hydrogen-bond donors (Lipinski definition) is 2. The van der Waals surface area contributed by atoms with Crippen LogP contribution in [0.5, 0.6) is 0 Å². The van der Waals surface area contributed by atoms with E-state index < -0.39 is 5.60 Å². The smallest absolute Gasteiger partial charge is 0.254 e. The van der Waals surface area contributed by atoms with Crippen LogP contribution in [0, 0.1) is 5.41 Å². The molecule has 21 heavy (non-hydrogen) atoms. The fourth-order valence-electron chi connectivity index (χ4n) is 2.74. The minimum absolute atomic E-state index is 0.0345. The van der Waals surface area contributed by atoms with Gasteiger partial charge in [-0.3, -0.25) is 9.48 Å². The van der Waals surface area contributed by atoms with Gasteiger partial charge in [-0.1, -0.05) is 13.8 Å². The average Bonchev–Trinajstić information content (AvgIpc) is 2.93. The first-order valence-corrected chi connectivity index (χ1v) is 7.48. The van der Waals surface area contributed by atoms with Gasteiger partial charge >= 0.3 is 0 Å². The van der Waals surface area contributed by atoms with Crippen LogP contribution in [0.25, 0.3) is 0 Å². The van der Waals surface area contributed by atoms with E-state index in [1.165, 1.54) is 6.20 Å². The molecule has 6 heteroatoms. The maximum Gasteiger partial charge on any atom is 0.254 e. The van der Waals surface area contributed by atoms with E-state index in [0.717, 1.165) is 6.54 Å². The highest BCUT2D eigenvalue weighted by Gasteiger charge is 2.59. The van der Waals surface area contributed by atoms with Crippen molar-refractivity contribution in [1.82, 2.24) is 15.1 Å². The van der Waals surface area contributed by atoms with Crippen LogP contribution in [-0.4, -0.2) is 45.7 Å². The molecule has 0 bridgehead atoms. The molecule has 2 rings (SSSR count). The van der Waals surface area contributed by atoms with Crippen LogP contribution in [0.2, 0.25) is 0 Å². The van der Waals surface area contributed by atoms with Crippen LogP contribution in [-0.2, 0) is 11.3 Å². The van der Waals surface area contributed by atoms with E-state index in [1.807, 2.05) is 27.7 Å². The van der Waals surface area contributed by atoms with E-state index in [0.29, 0.717) is 18.6 Å². The summed E-state index contributed by atoms with van der Waals surface area (Å²) in [6.07, 6.45) is 3.82. The van der Waals surface area contributed by atoms with Crippen LogP contribution in [0.1, 0.15) is 44.5 Å². The molecule has 1 aliphatic carbocycles. The summed E-state index contributed by atoms with van der Waals surface area (Å²) < 4.78 is 7.31. The number of ether oxygens (including phenoxy) is 1. The molecule has 0 radical (unpaired) electrons. The number of nitrogens with zero attached hydrogens (tertiary/aromatic N) is 2. The molecule has 2 atom stereocenters. The van der Waals surface area contributed by atoms with E-state index >= 15 is 0 Å². The number of rotatable bonds is 6. The molecule has 0 aromatic carbocycles. The Bertz CT molecular complexity index is 512. The molecule has 118 valence electrons. The van der Waals surface area contributed by atoms with Crippen molar-refractivity contribution in [3.8, 4) is 0 Å². The molecule has 0 aliphatic heterocycles. The number of carbonyl (C=O) groups excluding carboxylic acids is 1. The third-order valence-electron chi connectivity index (χ3n) is 4.66. The lowest BCUT2D eigenvalue weighted by Gasteiger charge is -2.57. The average molecular weight is 295 g/mol. The molecule has 0 saturated heterocycles. The Morgan fingerprint density at radius 3 is 2.81 bits per heavy atom. The summed E-state index contributed by atoms with van der Waals surface area (Å²) in [5.74, 6) is -0.209. The van der Waals surface area contributed by atoms with Crippen molar-refractivity contribution in [3.63, 3.8) is 0 Å². The molecule has 1 fully saturated rings. The zero-order valence-electron chi connectivity index (χ0n) is 13.2. The highest BCUT2D eigenvalue weighted by atomic mass is 16.5. The monoisotopic (exact) mass is 295 g/mol. The van der Waals surface area contributed by atoms with Crippen LogP contribution in [0.4, 0.5) is 0 Å². The Labute approximate surface area is 125 Å². The lowest BCUT2D eigenvalue weighted by Crippen LogP contribution is -2.68. The Morgan fingerprint density at radius 2 is 2.29 bits per heavy atom. The van der Waals surface area contributed by atoms with Crippen LogP contribution < -0.4 is 5.32 Å². The molecule has 6 nitrogen and oxygen atoms in total. The molecule has 0 spiro atoms. The van der Waals surface area contributed by atoms with Gasteiger partial charge in [-0.05, 0) is 13.8 Å². The van der Waals surface area contributed by atoms with E-state index in [1.54, 1.807) is 10.9 Å². The fraction of sp³-hybridized carbons (Fsp3) is 0.733. The first-order valence-electron chi connectivity index (χ1n) is 7.48. The number of nitrogens with one attached hydrogen (secondary N) is 1. The third kappa shape index (κ3) is 2.82. The topological polar surface area (TPSA) is 76.4 Å². The summed E-state index contributed by atoms with van der Waals surface area (Å²) in [5.41, 5.74) is -0.786. The Hall–Kier alpha value is -1.40. The molecule has 1 saturated carbocycles. The second-order valence-corrected chi connectivity index (χ2v) is 6.17. The van der Waals surface area contributed by atoms with Gasteiger partial charge in [0.1, 0.15) is 0 Å². The standard InChI is InChI=1S/C15H25N3O3/c1-5-18-9-11(8-17-18)13(19)16-10-15(20)7-12(21-6-2)14(15,3)4/h8-9,12,20H,5-7,10H2,1-4H3,(H,16,19)/t12-,15-/m0/s1. The first-order chi connectivity index (χ1) is 9.84. The number of aliphatic hydroxyl groups is 1. The minimum atomic E-state index is -0.927. The van der Waals surface area contributed by atoms with Crippen molar-refractivity contribution in [2.45, 2.75) is 52.4 Å². The summed E-state index contributed by atoms with van der Waals surface area (Å²) in [6.45, 7) is 9.42. The SMILES string of the molecule is CCO[C@H]1C[C@](O)(CNC(=O)c2cnn(CC)c2)C1(C)C. The van der Waals surface area contributed by atoms with Crippen molar-refractivity contribution in [1.29, 1.82) is 0 Å². The highest BCUT2D eigenvalue weighted by Crippen LogP contribution is 2.50. The van der Waals surface area contributed by atoms with E-state index in [9.17, 15) is 9.90 Å². The van der Waals surface area contributed by atoms with Gasteiger partial charge in [0.05, 0.1) is 23.5 Å². The number of aryl methyl sites for hydroxylation is 1. The molecule has 2 N–H and O–H groups in total. The van der Waals surface area contributed by atoms with Gasteiger partial charge in [-0.15, -0.1) is 0 Å². The predicted molar refractivity (Wildman–Crippen MR) is 79.0 cm³/mol. The normalized spacial score (nSPS) is 27.2. The summed E-state index contributed by atoms with van der Waals surface area (Å²) in [4.78, 5) is 12.1. The maximum atomic E-state index is 12.1. The summed E-state index contributed by atoms with van der Waals surface area (Å²) in [6, 6.07) is 0. The van der Waals surface area contributed by atoms with E-state index in [-0.39, 0.29) is 24.0 Å². The number of hydrogen-bond acceptors (Lipinski definition) is 4. The predicted octanol–water partition coefficient (Wildman–Crippen LogP) is 1.20. The van der Waals surface area contributed by atoms with Gasteiger partial charge < -0.3 is 15.2 Å². The maximum absolute atomic E-state index is 12.1. The highest BCUT2D eigenvalue weighted by molar-refractivity contribution is 5.93. The zero-order chi connectivity index (χ0) is 15.7. The van der Waals surface area contributed by atoms with Crippen molar-refractivity contribution < 1.29 is 14.6 Å². The lowest BCUT2D eigenvalue weighted by atomic mass is 9.56. The van der Waals surface area contributed by atoms with Gasteiger partial charge in [-0.25, -0.2) is 0 Å². The molecule has 0 unspecified atom stereocenters. The first kappa shape index (κ1) is 16.0. The van der Waals surface area contributed by atoms with Crippen molar-refractivity contribution >= 4 is 5.91 Å². The van der Waals surface area contributed by atoms with Gasteiger partial charge in [0.15, 0.2) is 0 Å². The lowest BCUT2D eigenvalue weighted by molar-refractivity contribution is -0.237. The molecular weight excluding hydrogens is 270 g/mol. The van der Waals surface area contributed by atoms with Crippen molar-refractivity contribution in [2.24, 2.45) is 5.41 Å². The van der Waals surface area contributed by atoms with Gasteiger partial charge in [0.25, 0.3) is 5.91 Å². The Morgan fingerprint density at radius 1 is 1.57 bits per heavy atom. The van der Waals surface area contributed by atoms with Gasteiger partial charge in [-0.2, -0.15) is 5.10 Å². The number of aromatic nitrogens is 2. The largest absolute Gasteiger partial charge is 0.387 e. The molecule has 1 aromatic rings. The summed E-state index contributed by atoms with van der Waals surface area (Å²) in [5, 5.41) is 17.5. The second-order valence-electron chi connectivity index (χ2n) is 6.17. The van der Waals surface area contributed by atoms with Crippen LogP contribution in [0.15, 0.2) is 12.4 Å². The quantitative estimate of drug-likeness (QED) is 0.827. The fourth-order valence-corrected chi connectivity index (χ4v) is 2.74. The van der Waals surface area contributed by atoms with Crippen molar-refractivity contribution in [2.75, 3.05) is 13.2 Å². The van der Waals surface area contributed by atoms with Gasteiger partial charge in [0, 0.05) is 37.7 Å². The second kappa shape index (κ2) is 5.77. The minimum Gasteiger partial charge on any atom is -0.387 e. The molecule has 1 heterocycles. The Balaban J connectivity index is 1.92. The molecule has 1 aliphatic rings. The van der Waals surface area contributed by atoms with Gasteiger partial charge in [0.2, 0.25) is 0 Å². The Kier molecular flexibility index (Phi) is 4.39. The molecule has 1 amide bonds. The molecular formula is C15H25N3O3. The van der Waals surface area contributed by atoms with Crippen LogP contribution >= 0.6 is 0 Å². The van der Waals surface area contributed by atoms with Crippen LogP contribution in [0.3, 0.4) is 0 Å². The molecule has 1 aromatic heterocycles. The third-order valence-corrected chi connectivity index (χ3v) is 4.66. The van der Waals surface area contributed by atoms with E-state index in [2.05, 4.69) is 10.4 Å². The summed E-state index contributed by atoms with van der Waals surface area (Å²) in [7, 11) is 0. The summed E-state index contributed by atoms with van der Waals surface area (Å²) >= 11 is 0. The number of carbonyl (C=O) groups is 1. The van der Waals surface area contributed by atoms with Crippen molar-refractivity contribution in [3.05, 3.63) is 18.0 Å². The van der Waals surface area contributed by atoms with E-state index in [4.69, 9.17) is 4.74 Å². The zero-order valence-corrected chi connectivity index (χ0v) is 13.2. The number of amides is 1.